The van der Waals surface area contributed by atoms with Gasteiger partial charge >= 0.3 is 0 Å². The van der Waals surface area contributed by atoms with Crippen LogP contribution in [0, 0.1) is 5.92 Å². The smallest absolute Gasteiger partial charge is 0.0749 e. The fraction of sp³-hybridized carbons (Fsp3) is 0.714. The lowest BCUT2D eigenvalue weighted by molar-refractivity contribution is 0.112. The van der Waals surface area contributed by atoms with E-state index < -0.39 is 6.10 Å². The van der Waals surface area contributed by atoms with Crippen LogP contribution in [0.25, 0.3) is 0 Å². The summed E-state index contributed by atoms with van der Waals surface area (Å²) in [6.45, 7) is 7.33. The van der Waals surface area contributed by atoms with E-state index in [1.165, 1.54) is 0 Å². The van der Waals surface area contributed by atoms with E-state index in [0.29, 0.717) is 0 Å². The molecule has 0 saturated carbocycles. The molecule has 3 N–H and O–H groups in total. The van der Waals surface area contributed by atoms with Gasteiger partial charge in [0.05, 0.1) is 6.10 Å². The molecule has 54 valence electrons. The summed E-state index contributed by atoms with van der Waals surface area (Å²) in [5.41, 5.74) is 5.45. The molecule has 0 amide bonds. The number of hydrogen-bond acceptors (Lipinski definition) is 2. The van der Waals surface area contributed by atoms with Crippen molar-refractivity contribution in [1.82, 2.24) is 0 Å². The Morgan fingerprint density at radius 3 is 2.11 bits per heavy atom. The SMILES string of the molecule is C=CC(N)C(O)C(C)C. The molecule has 2 unspecified atom stereocenters. The van der Waals surface area contributed by atoms with E-state index in [2.05, 4.69) is 6.58 Å². The standard InChI is InChI=1S/C7H15NO/c1-4-6(8)7(9)5(2)3/h4-7,9H,1,8H2,2-3H3. The summed E-state index contributed by atoms with van der Waals surface area (Å²) in [4.78, 5) is 0. The maximum atomic E-state index is 9.20. The van der Waals surface area contributed by atoms with Crippen molar-refractivity contribution in [3.8, 4) is 0 Å². The number of aliphatic hydroxyl groups is 1. The van der Waals surface area contributed by atoms with Crippen LogP contribution in [-0.2, 0) is 0 Å². The van der Waals surface area contributed by atoms with Gasteiger partial charge in [-0.2, -0.15) is 0 Å². The van der Waals surface area contributed by atoms with E-state index in [0.717, 1.165) is 0 Å². The van der Waals surface area contributed by atoms with Gasteiger partial charge in [0.25, 0.3) is 0 Å². The molecule has 2 atom stereocenters. The Bertz CT molecular complexity index is 90.9. The third kappa shape index (κ3) is 2.63. The number of rotatable bonds is 3. The summed E-state index contributed by atoms with van der Waals surface area (Å²) in [7, 11) is 0. The lowest BCUT2D eigenvalue weighted by Gasteiger charge is -2.18. The van der Waals surface area contributed by atoms with Crippen LogP contribution in [-0.4, -0.2) is 17.3 Å². The molecule has 0 aliphatic heterocycles. The van der Waals surface area contributed by atoms with Crippen LogP contribution in [0.5, 0.6) is 0 Å². The highest BCUT2D eigenvalue weighted by Crippen LogP contribution is 2.04. The molecule has 0 radical (unpaired) electrons. The maximum Gasteiger partial charge on any atom is 0.0749 e. The Morgan fingerprint density at radius 2 is 2.00 bits per heavy atom. The van der Waals surface area contributed by atoms with Crippen molar-refractivity contribution < 1.29 is 5.11 Å². The van der Waals surface area contributed by atoms with E-state index in [4.69, 9.17) is 5.73 Å². The van der Waals surface area contributed by atoms with Gasteiger partial charge in [0.15, 0.2) is 0 Å². The van der Waals surface area contributed by atoms with E-state index in [1.54, 1.807) is 6.08 Å². The first-order chi connectivity index (χ1) is 4.09. The van der Waals surface area contributed by atoms with Crippen molar-refractivity contribution >= 4 is 0 Å². The minimum Gasteiger partial charge on any atom is -0.391 e. The maximum absolute atomic E-state index is 9.20. The van der Waals surface area contributed by atoms with Crippen LogP contribution in [0.15, 0.2) is 12.7 Å². The third-order valence-corrected chi connectivity index (χ3v) is 1.35. The first-order valence-corrected chi connectivity index (χ1v) is 3.15. The van der Waals surface area contributed by atoms with Crippen LogP contribution >= 0.6 is 0 Å². The zero-order valence-corrected chi connectivity index (χ0v) is 6.04. The highest BCUT2D eigenvalue weighted by molar-refractivity contribution is 4.89. The van der Waals surface area contributed by atoms with Crippen LogP contribution in [0.1, 0.15) is 13.8 Å². The Balaban J connectivity index is 3.71. The largest absolute Gasteiger partial charge is 0.391 e. The molecule has 0 fully saturated rings. The monoisotopic (exact) mass is 129 g/mol. The van der Waals surface area contributed by atoms with Gasteiger partial charge in [0, 0.05) is 6.04 Å². The molecule has 0 spiro atoms. The van der Waals surface area contributed by atoms with Crippen LogP contribution < -0.4 is 5.73 Å². The molecule has 0 saturated heterocycles. The summed E-state index contributed by atoms with van der Waals surface area (Å²) >= 11 is 0. The molecule has 2 heteroatoms. The normalized spacial score (nSPS) is 17.4. The van der Waals surface area contributed by atoms with Crippen molar-refractivity contribution in [3.05, 3.63) is 12.7 Å². The average Bonchev–Trinajstić information content (AvgIpc) is 1.84. The summed E-state index contributed by atoms with van der Waals surface area (Å²) in [5.74, 6) is 0.206. The van der Waals surface area contributed by atoms with E-state index in [-0.39, 0.29) is 12.0 Å². The van der Waals surface area contributed by atoms with Gasteiger partial charge < -0.3 is 10.8 Å². The average molecular weight is 129 g/mol. The minimum atomic E-state index is -0.456. The second-order valence-electron chi connectivity index (χ2n) is 2.55. The Morgan fingerprint density at radius 1 is 1.56 bits per heavy atom. The molecule has 9 heavy (non-hydrogen) atoms. The Kier molecular flexibility index (Phi) is 3.50. The van der Waals surface area contributed by atoms with E-state index in [1.807, 2.05) is 13.8 Å². The predicted molar refractivity (Wildman–Crippen MR) is 39.0 cm³/mol. The van der Waals surface area contributed by atoms with Gasteiger partial charge in [0.2, 0.25) is 0 Å². The molecule has 0 rings (SSSR count). The second kappa shape index (κ2) is 3.64. The molecular weight excluding hydrogens is 114 g/mol. The topological polar surface area (TPSA) is 46.2 Å². The van der Waals surface area contributed by atoms with Gasteiger partial charge in [-0.3, -0.25) is 0 Å². The number of hydrogen-bond donors (Lipinski definition) is 2. The Hall–Kier alpha value is -0.340. The van der Waals surface area contributed by atoms with Gasteiger partial charge in [0.1, 0.15) is 0 Å². The fourth-order valence-electron chi connectivity index (χ4n) is 0.584. The van der Waals surface area contributed by atoms with Crippen molar-refractivity contribution in [1.29, 1.82) is 0 Å². The lowest BCUT2D eigenvalue weighted by atomic mass is 10.0. The summed E-state index contributed by atoms with van der Waals surface area (Å²) in [5, 5.41) is 9.20. The van der Waals surface area contributed by atoms with Crippen molar-refractivity contribution in [3.63, 3.8) is 0 Å². The van der Waals surface area contributed by atoms with Gasteiger partial charge in [-0.1, -0.05) is 19.9 Å². The second-order valence-corrected chi connectivity index (χ2v) is 2.55. The van der Waals surface area contributed by atoms with Gasteiger partial charge in [-0.15, -0.1) is 6.58 Å². The van der Waals surface area contributed by atoms with Gasteiger partial charge in [-0.05, 0) is 5.92 Å². The zero-order valence-electron chi connectivity index (χ0n) is 6.04. The first-order valence-electron chi connectivity index (χ1n) is 3.15. The van der Waals surface area contributed by atoms with Crippen molar-refractivity contribution in [2.24, 2.45) is 11.7 Å². The molecular formula is C7H15NO. The lowest BCUT2D eigenvalue weighted by Crippen LogP contribution is -2.36. The highest BCUT2D eigenvalue weighted by atomic mass is 16.3. The molecule has 0 heterocycles. The molecule has 2 nitrogen and oxygen atoms in total. The van der Waals surface area contributed by atoms with Gasteiger partial charge in [-0.25, -0.2) is 0 Å². The number of aliphatic hydroxyl groups excluding tert-OH is 1. The van der Waals surface area contributed by atoms with Crippen LogP contribution in [0.4, 0.5) is 0 Å². The molecule has 0 aromatic heterocycles. The molecule has 0 aliphatic carbocycles. The summed E-state index contributed by atoms with van der Waals surface area (Å²) < 4.78 is 0. The van der Waals surface area contributed by atoms with Crippen LogP contribution in [0.3, 0.4) is 0 Å². The van der Waals surface area contributed by atoms with E-state index in [9.17, 15) is 5.11 Å². The zero-order chi connectivity index (χ0) is 7.44. The highest BCUT2D eigenvalue weighted by Gasteiger charge is 2.14. The fourth-order valence-corrected chi connectivity index (χ4v) is 0.584. The third-order valence-electron chi connectivity index (χ3n) is 1.35. The van der Waals surface area contributed by atoms with Crippen molar-refractivity contribution in [2.75, 3.05) is 0 Å². The Labute approximate surface area is 56.4 Å². The number of nitrogens with two attached hydrogens (primary N) is 1. The minimum absolute atomic E-state index is 0.206. The first kappa shape index (κ1) is 8.66. The summed E-state index contributed by atoms with van der Waals surface area (Å²) in [6, 6.07) is -0.287. The summed E-state index contributed by atoms with van der Waals surface area (Å²) in [6.07, 6.45) is 1.10. The molecule has 0 aromatic carbocycles. The molecule has 0 aromatic rings. The predicted octanol–water partition coefficient (Wildman–Crippen LogP) is 0.517. The van der Waals surface area contributed by atoms with Crippen LogP contribution in [0.2, 0.25) is 0 Å². The molecule has 0 bridgehead atoms. The van der Waals surface area contributed by atoms with E-state index >= 15 is 0 Å². The quantitative estimate of drug-likeness (QED) is 0.546. The van der Waals surface area contributed by atoms with Crippen molar-refractivity contribution in [2.45, 2.75) is 26.0 Å². The molecule has 0 aliphatic rings.